The van der Waals surface area contributed by atoms with E-state index in [0.29, 0.717) is 12.1 Å². The van der Waals surface area contributed by atoms with E-state index in [1.807, 2.05) is 66.7 Å². The van der Waals surface area contributed by atoms with Crippen LogP contribution in [0.25, 0.3) is 16.5 Å². The van der Waals surface area contributed by atoms with Crippen molar-refractivity contribution in [2.45, 2.75) is 12.5 Å². The molecule has 0 aliphatic heterocycles. The van der Waals surface area contributed by atoms with E-state index >= 15 is 0 Å². The van der Waals surface area contributed by atoms with Gasteiger partial charge in [-0.05, 0) is 47.9 Å². The van der Waals surface area contributed by atoms with E-state index in [0.717, 1.165) is 38.7 Å². The molecule has 0 saturated carbocycles. The van der Waals surface area contributed by atoms with Crippen molar-refractivity contribution in [2.24, 2.45) is 0 Å². The summed E-state index contributed by atoms with van der Waals surface area (Å²) in [5, 5.41) is 9.86. The first-order valence-electron chi connectivity index (χ1n) is 10.0. The summed E-state index contributed by atoms with van der Waals surface area (Å²) in [5.74, 6) is -0.298. The largest absolute Gasteiger partial charge is 0.400 e. The normalized spacial score (nSPS) is 11.6. The van der Waals surface area contributed by atoms with Crippen LogP contribution < -0.4 is 5.32 Å². The maximum Gasteiger partial charge on any atom is 0.270 e. The van der Waals surface area contributed by atoms with E-state index in [-0.39, 0.29) is 5.91 Å². The maximum atomic E-state index is 13.1. The van der Waals surface area contributed by atoms with Crippen molar-refractivity contribution in [3.05, 3.63) is 87.3 Å². The van der Waals surface area contributed by atoms with Crippen LogP contribution in [0, 0.1) is 0 Å². The molecule has 5 nitrogen and oxygen atoms in total. The van der Waals surface area contributed by atoms with E-state index in [2.05, 4.69) is 21.2 Å². The predicted octanol–water partition coefficient (Wildman–Crippen LogP) is 4.94. The number of hydrogen-bond acceptors (Lipinski definition) is 5. The fraction of sp³-hybridized carbons (Fsp3) is 0.160. The van der Waals surface area contributed by atoms with Crippen molar-refractivity contribution in [1.29, 1.82) is 0 Å². The Balaban J connectivity index is 0.00000187. The molecule has 0 radical (unpaired) electrons. The lowest BCUT2D eigenvalue weighted by molar-refractivity contribution is -0.131. The van der Waals surface area contributed by atoms with Crippen LogP contribution in [0.15, 0.2) is 76.9 Å². The van der Waals surface area contributed by atoms with Crippen LogP contribution in [0.3, 0.4) is 0 Å². The number of halogens is 1. The van der Waals surface area contributed by atoms with E-state index in [1.54, 1.807) is 24.5 Å². The average Bonchev–Trinajstić information content (AvgIpc) is 3.32. The molecular weight excluding hydrogens is 520 g/mol. The second-order valence-electron chi connectivity index (χ2n) is 6.84. The first-order valence-corrected chi connectivity index (χ1v) is 12.1. The monoisotopic (exact) mass is 544 g/mol. The van der Waals surface area contributed by atoms with Crippen LogP contribution in [0.4, 0.5) is 0 Å². The Morgan fingerprint density at radius 1 is 1.12 bits per heavy atom. The van der Waals surface area contributed by atoms with Crippen molar-refractivity contribution in [3.63, 3.8) is 0 Å². The third-order valence-corrected chi connectivity index (χ3v) is 6.48. The Morgan fingerprint density at radius 3 is 2.39 bits per heavy atom. The number of aliphatic hydroxyl groups excluding tert-OH is 1. The van der Waals surface area contributed by atoms with Crippen molar-refractivity contribution < 1.29 is 14.7 Å². The van der Waals surface area contributed by atoms with Crippen molar-refractivity contribution in [3.8, 4) is 10.4 Å². The third-order valence-electron chi connectivity index (χ3n) is 4.75. The average molecular weight is 546 g/mol. The smallest absolute Gasteiger partial charge is 0.270 e. The van der Waals surface area contributed by atoms with Gasteiger partial charge in [0.15, 0.2) is 0 Å². The number of thiophene rings is 1. The summed E-state index contributed by atoms with van der Waals surface area (Å²) in [7, 11) is 2.63. The molecule has 172 valence electrons. The van der Waals surface area contributed by atoms with Gasteiger partial charge >= 0.3 is 0 Å². The number of nitrogens with one attached hydrogen (secondary N) is 1. The fourth-order valence-electron chi connectivity index (χ4n) is 3.04. The number of nitrogens with zero attached hydrogens (tertiary/aromatic N) is 1. The van der Waals surface area contributed by atoms with Gasteiger partial charge in [-0.25, -0.2) is 0 Å². The minimum Gasteiger partial charge on any atom is -0.400 e. The molecule has 1 atom stereocenters. The van der Waals surface area contributed by atoms with Crippen LogP contribution >= 0.6 is 39.5 Å². The lowest BCUT2D eigenvalue weighted by Crippen LogP contribution is -2.42. The van der Waals surface area contributed by atoms with Gasteiger partial charge in [-0.15, -0.1) is 11.3 Å². The fourth-order valence-corrected chi connectivity index (χ4v) is 4.39. The van der Waals surface area contributed by atoms with Crippen LogP contribution in [0.5, 0.6) is 0 Å². The van der Waals surface area contributed by atoms with Gasteiger partial charge in [0, 0.05) is 28.4 Å². The molecule has 0 bridgehead atoms. The highest BCUT2D eigenvalue weighted by molar-refractivity contribution is 9.10. The SMILES string of the molecule is CN(C(=O)/C(=C\c1ccc(-c2ccc(Br)cc2)s1)NC=S)C(C=O)Cc1ccccc1.CO. The van der Waals surface area contributed by atoms with Crippen LogP contribution in [0.1, 0.15) is 10.4 Å². The van der Waals surface area contributed by atoms with Gasteiger partial charge in [0.25, 0.3) is 5.91 Å². The van der Waals surface area contributed by atoms with Crippen molar-refractivity contribution >= 4 is 63.2 Å². The van der Waals surface area contributed by atoms with Gasteiger partial charge in [-0.2, -0.15) is 0 Å². The van der Waals surface area contributed by atoms with Gasteiger partial charge in [0.1, 0.15) is 12.0 Å². The number of likely N-dealkylation sites (N-methyl/N-ethyl adjacent to an activating group) is 1. The Kier molecular flexibility index (Phi) is 11.1. The molecule has 3 rings (SSSR count). The van der Waals surface area contributed by atoms with Crippen LogP contribution in [-0.2, 0) is 16.0 Å². The Morgan fingerprint density at radius 2 is 1.79 bits per heavy atom. The van der Waals surface area contributed by atoms with Gasteiger partial charge in [0.2, 0.25) is 0 Å². The second-order valence-corrected chi connectivity index (χ2v) is 9.11. The summed E-state index contributed by atoms with van der Waals surface area (Å²) in [6.07, 6.45) is 3.01. The lowest BCUT2D eigenvalue weighted by Gasteiger charge is -2.25. The van der Waals surface area contributed by atoms with E-state index in [1.165, 1.54) is 10.4 Å². The topological polar surface area (TPSA) is 69.6 Å². The van der Waals surface area contributed by atoms with E-state index in [4.69, 9.17) is 17.3 Å². The van der Waals surface area contributed by atoms with Crippen molar-refractivity contribution in [1.82, 2.24) is 10.2 Å². The molecule has 0 aliphatic carbocycles. The number of aldehydes is 1. The summed E-state index contributed by atoms with van der Waals surface area (Å²) in [5.41, 5.74) is 3.71. The predicted molar refractivity (Wildman–Crippen MR) is 143 cm³/mol. The highest BCUT2D eigenvalue weighted by atomic mass is 79.9. The Bertz CT molecular complexity index is 1080. The molecular formula is C25H25BrN2O3S2. The van der Waals surface area contributed by atoms with E-state index < -0.39 is 6.04 Å². The standard InChI is InChI=1S/C24H21BrN2O2S2.CH4O/c1-27(20(15-28)13-17-5-3-2-4-6-17)24(29)22(26-16-30)14-21-11-12-23(31-21)18-7-9-19(25)10-8-18;1-2/h2-12,14-16,20H,13H2,1H3,(H,26,30);2H,1H3/b22-14+;. The molecule has 1 amide bonds. The van der Waals surface area contributed by atoms with Crippen LogP contribution in [-0.4, -0.2) is 47.9 Å². The number of amides is 1. The summed E-state index contributed by atoms with van der Waals surface area (Å²) in [6, 6.07) is 21.1. The first kappa shape index (κ1) is 26.6. The molecule has 1 heterocycles. The van der Waals surface area contributed by atoms with Gasteiger partial charge in [0.05, 0.1) is 11.5 Å². The number of carbonyl (C=O) groups excluding carboxylic acids is 2. The molecule has 33 heavy (non-hydrogen) atoms. The minimum absolute atomic E-state index is 0.298. The number of hydrogen-bond donors (Lipinski definition) is 2. The molecule has 0 fully saturated rings. The zero-order chi connectivity index (χ0) is 24.2. The highest BCUT2D eigenvalue weighted by Gasteiger charge is 2.23. The highest BCUT2D eigenvalue weighted by Crippen LogP contribution is 2.30. The minimum atomic E-state index is -0.577. The molecule has 1 unspecified atom stereocenters. The number of rotatable bonds is 9. The second kappa shape index (κ2) is 13.8. The van der Waals surface area contributed by atoms with Gasteiger partial charge in [-0.3, -0.25) is 4.79 Å². The molecule has 2 aromatic carbocycles. The lowest BCUT2D eigenvalue weighted by atomic mass is 10.1. The van der Waals surface area contributed by atoms with E-state index in [9.17, 15) is 9.59 Å². The van der Waals surface area contributed by atoms with Gasteiger partial charge < -0.3 is 20.1 Å². The number of thiocarbonyl (C=S) groups is 1. The zero-order valence-electron chi connectivity index (χ0n) is 18.3. The molecule has 0 saturated heterocycles. The van der Waals surface area contributed by atoms with Crippen LogP contribution in [0.2, 0.25) is 0 Å². The molecule has 3 aromatic rings. The maximum absolute atomic E-state index is 13.1. The molecule has 1 aromatic heterocycles. The summed E-state index contributed by atoms with van der Waals surface area (Å²) >= 11 is 9.94. The molecule has 0 spiro atoms. The number of aliphatic hydroxyl groups is 1. The van der Waals surface area contributed by atoms with Crippen molar-refractivity contribution in [2.75, 3.05) is 14.2 Å². The summed E-state index contributed by atoms with van der Waals surface area (Å²) in [6.45, 7) is 0. The summed E-state index contributed by atoms with van der Waals surface area (Å²) < 4.78 is 1.02. The molecule has 8 heteroatoms. The third kappa shape index (κ3) is 7.71. The molecule has 0 aliphatic rings. The number of benzene rings is 2. The number of carbonyl (C=O) groups is 2. The molecule has 2 N–H and O–H groups in total. The zero-order valence-corrected chi connectivity index (χ0v) is 21.5. The first-order chi connectivity index (χ1) is 16.0. The quantitative estimate of drug-likeness (QED) is 0.227. The van der Waals surface area contributed by atoms with Gasteiger partial charge in [-0.1, -0.05) is 70.6 Å². The Hall–Kier alpha value is -2.65. The summed E-state index contributed by atoms with van der Waals surface area (Å²) in [4.78, 5) is 28.3. The Labute approximate surface area is 211 Å².